The van der Waals surface area contributed by atoms with Crippen LogP contribution in [0.1, 0.15) is 12.6 Å². The van der Waals surface area contributed by atoms with Gasteiger partial charge in [-0.05, 0) is 12.2 Å². The lowest BCUT2D eigenvalue weighted by atomic mass is 9.94. The highest BCUT2D eigenvalue weighted by Crippen LogP contribution is 2.36. The number of carbonyl (C=O) groups excluding carboxylic acids is 1. The molecule has 1 aromatic heterocycles. The molecule has 20 heavy (non-hydrogen) atoms. The molecule has 1 aliphatic heterocycles. The molecular formula is C12H14N2O6. The first kappa shape index (κ1) is 14.4. The Bertz CT molecular complexity index is 633. The standard InChI is InChI=1S/C12H14N2O6/c15-5-1-3-12(19)6-10(20-8(12)7-16)14-4-2-9(17)13-11(14)18/h1-5,8,10,16,19H,6-7H2,(H,13,17,18)/t8-,10-,12+/m1/s1. The molecule has 0 aromatic carbocycles. The average molecular weight is 282 g/mol. The van der Waals surface area contributed by atoms with Crippen LogP contribution in [0.15, 0.2) is 34.0 Å². The number of nitrogens with zero attached hydrogens (tertiary/aromatic N) is 1. The van der Waals surface area contributed by atoms with Gasteiger partial charge in [0.15, 0.2) is 0 Å². The van der Waals surface area contributed by atoms with Crippen molar-refractivity contribution in [2.24, 2.45) is 0 Å². The predicted molar refractivity (Wildman–Crippen MR) is 67.1 cm³/mol. The molecule has 1 fully saturated rings. The lowest BCUT2D eigenvalue weighted by molar-refractivity contribution is -0.104. The Labute approximate surface area is 112 Å². The van der Waals surface area contributed by atoms with E-state index >= 15 is 0 Å². The molecule has 2 rings (SSSR count). The zero-order chi connectivity index (χ0) is 14.8. The SMILES string of the molecule is O=CC=C[C@]1(O)C[C@H](n2ccc(=O)[nH]c2=O)O[C@@H]1CO. The van der Waals surface area contributed by atoms with Crippen LogP contribution < -0.4 is 11.2 Å². The molecule has 108 valence electrons. The summed E-state index contributed by atoms with van der Waals surface area (Å²) in [6, 6.07) is 1.15. The predicted octanol–water partition coefficient (Wildman–Crippen LogP) is -1.70. The van der Waals surface area contributed by atoms with Gasteiger partial charge < -0.3 is 14.9 Å². The molecule has 0 radical (unpaired) electrons. The van der Waals surface area contributed by atoms with Crippen molar-refractivity contribution in [3.8, 4) is 0 Å². The molecule has 8 nitrogen and oxygen atoms in total. The third kappa shape index (κ3) is 2.62. The Morgan fingerprint density at radius 2 is 2.30 bits per heavy atom. The number of hydrogen-bond donors (Lipinski definition) is 3. The Morgan fingerprint density at radius 3 is 2.90 bits per heavy atom. The third-order valence-electron chi connectivity index (χ3n) is 3.17. The van der Waals surface area contributed by atoms with Crippen LogP contribution in [-0.2, 0) is 9.53 Å². The number of aliphatic hydroxyl groups is 2. The summed E-state index contributed by atoms with van der Waals surface area (Å²) in [5, 5.41) is 19.6. The first-order chi connectivity index (χ1) is 9.50. The van der Waals surface area contributed by atoms with Gasteiger partial charge in [-0.25, -0.2) is 4.79 Å². The van der Waals surface area contributed by atoms with E-state index in [0.29, 0.717) is 6.29 Å². The molecule has 1 aliphatic rings. The maximum Gasteiger partial charge on any atom is 0.330 e. The lowest BCUT2D eigenvalue weighted by Crippen LogP contribution is -2.38. The molecule has 0 amide bonds. The van der Waals surface area contributed by atoms with Crippen molar-refractivity contribution < 1.29 is 19.7 Å². The van der Waals surface area contributed by atoms with E-state index in [1.807, 2.05) is 0 Å². The molecule has 0 saturated carbocycles. The van der Waals surface area contributed by atoms with Crippen molar-refractivity contribution in [3.05, 3.63) is 45.3 Å². The highest BCUT2D eigenvalue weighted by atomic mass is 16.5. The number of aldehydes is 1. The van der Waals surface area contributed by atoms with E-state index in [-0.39, 0.29) is 6.42 Å². The van der Waals surface area contributed by atoms with Crippen molar-refractivity contribution in [1.29, 1.82) is 0 Å². The molecular weight excluding hydrogens is 268 g/mol. The second-order valence-electron chi connectivity index (χ2n) is 4.47. The highest BCUT2D eigenvalue weighted by Gasteiger charge is 2.46. The van der Waals surface area contributed by atoms with Gasteiger partial charge in [0, 0.05) is 18.7 Å². The monoisotopic (exact) mass is 282 g/mol. The largest absolute Gasteiger partial charge is 0.394 e. The van der Waals surface area contributed by atoms with Gasteiger partial charge in [0.2, 0.25) is 0 Å². The van der Waals surface area contributed by atoms with Crippen LogP contribution in [0.25, 0.3) is 0 Å². The van der Waals surface area contributed by atoms with Crippen molar-refractivity contribution >= 4 is 6.29 Å². The van der Waals surface area contributed by atoms with Gasteiger partial charge in [-0.3, -0.25) is 19.1 Å². The molecule has 3 N–H and O–H groups in total. The Hall–Kier alpha value is -2.03. The van der Waals surface area contributed by atoms with Crippen LogP contribution in [-0.4, -0.2) is 44.4 Å². The minimum absolute atomic E-state index is 0.0332. The first-order valence-corrected chi connectivity index (χ1v) is 5.93. The van der Waals surface area contributed by atoms with Crippen LogP contribution in [0.2, 0.25) is 0 Å². The maximum absolute atomic E-state index is 11.7. The fourth-order valence-electron chi connectivity index (χ4n) is 2.17. The van der Waals surface area contributed by atoms with Gasteiger partial charge in [0.05, 0.1) is 6.61 Å². The molecule has 1 aromatic rings. The Morgan fingerprint density at radius 1 is 1.55 bits per heavy atom. The average Bonchev–Trinajstić information content (AvgIpc) is 2.74. The van der Waals surface area contributed by atoms with Crippen molar-refractivity contribution in [2.45, 2.75) is 24.4 Å². The summed E-state index contributed by atoms with van der Waals surface area (Å²) >= 11 is 0. The van der Waals surface area contributed by atoms with E-state index in [1.165, 1.54) is 12.3 Å². The Kier molecular flexibility index (Phi) is 3.98. The smallest absolute Gasteiger partial charge is 0.330 e. The van der Waals surface area contributed by atoms with E-state index in [1.54, 1.807) is 0 Å². The summed E-state index contributed by atoms with van der Waals surface area (Å²) < 4.78 is 6.51. The quantitative estimate of drug-likeness (QED) is 0.447. The molecule has 0 unspecified atom stereocenters. The number of H-pyrrole nitrogens is 1. The van der Waals surface area contributed by atoms with Crippen LogP contribution in [0.3, 0.4) is 0 Å². The van der Waals surface area contributed by atoms with Crippen LogP contribution >= 0.6 is 0 Å². The number of hydrogen-bond acceptors (Lipinski definition) is 6. The molecule has 0 spiro atoms. The van der Waals surface area contributed by atoms with E-state index in [4.69, 9.17) is 4.74 Å². The van der Waals surface area contributed by atoms with E-state index in [2.05, 4.69) is 4.98 Å². The second-order valence-corrected chi connectivity index (χ2v) is 4.47. The zero-order valence-electron chi connectivity index (χ0n) is 10.4. The normalized spacial score (nSPS) is 29.9. The van der Waals surface area contributed by atoms with Gasteiger partial charge in [-0.1, -0.05) is 0 Å². The summed E-state index contributed by atoms with van der Waals surface area (Å²) in [7, 11) is 0. The zero-order valence-corrected chi connectivity index (χ0v) is 10.4. The first-order valence-electron chi connectivity index (χ1n) is 5.93. The molecule has 1 saturated heterocycles. The number of aromatic amines is 1. The second kappa shape index (κ2) is 5.53. The maximum atomic E-state index is 11.7. The minimum Gasteiger partial charge on any atom is -0.394 e. The van der Waals surface area contributed by atoms with E-state index in [0.717, 1.165) is 16.7 Å². The summed E-state index contributed by atoms with van der Waals surface area (Å²) in [5.74, 6) is 0. The molecule has 0 aliphatic carbocycles. The number of ether oxygens (including phenoxy) is 1. The topological polar surface area (TPSA) is 122 Å². The fourth-order valence-corrected chi connectivity index (χ4v) is 2.17. The van der Waals surface area contributed by atoms with Crippen LogP contribution in [0.5, 0.6) is 0 Å². The van der Waals surface area contributed by atoms with Gasteiger partial charge in [-0.15, -0.1) is 0 Å². The van der Waals surface area contributed by atoms with Crippen molar-refractivity contribution in [1.82, 2.24) is 9.55 Å². The molecule has 2 heterocycles. The van der Waals surface area contributed by atoms with E-state index < -0.39 is 35.8 Å². The number of rotatable bonds is 4. The molecule has 0 bridgehead atoms. The summed E-state index contributed by atoms with van der Waals surface area (Å²) in [5.41, 5.74) is -2.78. The number of aromatic nitrogens is 2. The summed E-state index contributed by atoms with van der Waals surface area (Å²) in [4.78, 5) is 35.1. The summed E-state index contributed by atoms with van der Waals surface area (Å²) in [6.07, 6.45) is 2.21. The third-order valence-corrected chi connectivity index (χ3v) is 3.17. The van der Waals surface area contributed by atoms with Gasteiger partial charge in [-0.2, -0.15) is 0 Å². The molecule has 8 heteroatoms. The molecule has 3 atom stereocenters. The lowest BCUT2D eigenvalue weighted by Gasteiger charge is -2.22. The van der Waals surface area contributed by atoms with Gasteiger partial charge >= 0.3 is 5.69 Å². The minimum atomic E-state index is -1.56. The van der Waals surface area contributed by atoms with Gasteiger partial charge in [0.25, 0.3) is 5.56 Å². The van der Waals surface area contributed by atoms with Crippen molar-refractivity contribution in [2.75, 3.05) is 6.61 Å². The highest BCUT2D eigenvalue weighted by molar-refractivity contribution is 5.65. The van der Waals surface area contributed by atoms with Crippen LogP contribution in [0.4, 0.5) is 0 Å². The number of carbonyl (C=O) groups is 1. The summed E-state index contributed by atoms with van der Waals surface area (Å²) in [6.45, 7) is -0.478. The van der Waals surface area contributed by atoms with Crippen LogP contribution in [0, 0.1) is 0 Å². The number of aliphatic hydroxyl groups excluding tert-OH is 1. The van der Waals surface area contributed by atoms with Gasteiger partial charge in [0.1, 0.15) is 24.2 Å². The number of nitrogens with one attached hydrogen (secondary N) is 1. The number of allylic oxidation sites excluding steroid dienone is 1. The van der Waals surface area contributed by atoms with E-state index in [9.17, 15) is 24.6 Å². The Balaban J connectivity index is 2.33. The van der Waals surface area contributed by atoms with Crippen molar-refractivity contribution in [3.63, 3.8) is 0 Å². The fraction of sp³-hybridized carbons (Fsp3) is 0.417.